The number of rotatable bonds is 4. The minimum atomic E-state index is 0.683. The molecule has 3 rings (SSSR count). The lowest BCUT2D eigenvalue weighted by atomic mass is 10.1. The number of anilines is 1. The molecule has 0 bridgehead atoms. The van der Waals surface area contributed by atoms with Crippen LogP contribution >= 0.6 is 11.3 Å². The Balaban J connectivity index is 1.66. The Morgan fingerprint density at radius 3 is 2.43 bits per heavy atom. The number of nitrogens with zero attached hydrogens (tertiary/aromatic N) is 1. The van der Waals surface area contributed by atoms with Crippen LogP contribution in [0.1, 0.15) is 10.4 Å². The zero-order valence-corrected chi connectivity index (χ0v) is 12.2. The van der Waals surface area contributed by atoms with Crippen LogP contribution in [0.3, 0.4) is 0 Å². The van der Waals surface area contributed by atoms with Crippen molar-refractivity contribution >= 4 is 17.0 Å². The van der Waals surface area contributed by atoms with Crippen LogP contribution in [-0.4, -0.2) is 0 Å². The quantitative estimate of drug-likeness (QED) is 0.742. The van der Waals surface area contributed by atoms with E-state index >= 15 is 0 Å². The van der Waals surface area contributed by atoms with Gasteiger partial charge in [0.1, 0.15) is 0 Å². The van der Waals surface area contributed by atoms with E-state index < -0.39 is 0 Å². The Labute approximate surface area is 128 Å². The van der Waals surface area contributed by atoms with E-state index in [1.807, 2.05) is 30.3 Å². The summed E-state index contributed by atoms with van der Waals surface area (Å²) in [4.78, 5) is 1.29. The highest BCUT2D eigenvalue weighted by Crippen LogP contribution is 2.26. The Morgan fingerprint density at radius 2 is 1.71 bits per heavy atom. The predicted octanol–water partition coefficient (Wildman–Crippen LogP) is 4.90. The first-order chi connectivity index (χ1) is 10.3. The van der Waals surface area contributed by atoms with E-state index in [1.54, 1.807) is 11.3 Å². The summed E-state index contributed by atoms with van der Waals surface area (Å²) in [5.74, 6) is 0. The monoisotopic (exact) mass is 290 g/mol. The van der Waals surface area contributed by atoms with Gasteiger partial charge in [-0.15, -0.1) is 11.3 Å². The van der Waals surface area contributed by atoms with Gasteiger partial charge in [-0.1, -0.05) is 30.3 Å². The summed E-state index contributed by atoms with van der Waals surface area (Å²) < 4.78 is 0. The first-order valence-electron chi connectivity index (χ1n) is 6.72. The van der Waals surface area contributed by atoms with Gasteiger partial charge in [-0.25, -0.2) is 0 Å². The topological polar surface area (TPSA) is 35.8 Å². The standard InChI is InChI=1S/C18H14N2S/c19-11-14-6-8-17(9-7-14)20-12-18-10-16(13-21-18)15-4-2-1-3-5-15/h1-10,13,20H,12H2. The lowest BCUT2D eigenvalue weighted by molar-refractivity contribution is 1.19. The predicted molar refractivity (Wildman–Crippen MR) is 88.2 cm³/mol. The molecule has 0 aliphatic heterocycles. The van der Waals surface area contributed by atoms with Gasteiger partial charge in [-0.2, -0.15) is 5.26 Å². The molecule has 3 aromatic rings. The van der Waals surface area contributed by atoms with Gasteiger partial charge in [-0.3, -0.25) is 0 Å². The third-order valence-corrected chi connectivity index (χ3v) is 4.18. The molecule has 0 amide bonds. The highest BCUT2D eigenvalue weighted by Gasteiger charge is 2.02. The summed E-state index contributed by atoms with van der Waals surface area (Å²) in [5, 5.41) is 14.3. The van der Waals surface area contributed by atoms with Crippen LogP contribution in [-0.2, 0) is 6.54 Å². The Bertz CT molecular complexity index is 752. The summed E-state index contributed by atoms with van der Waals surface area (Å²) in [5.41, 5.74) is 4.22. The zero-order valence-electron chi connectivity index (χ0n) is 11.4. The fraction of sp³-hybridized carbons (Fsp3) is 0.0556. The second kappa shape index (κ2) is 6.25. The zero-order chi connectivity index (χ0) is 14.5. The first kappa shape index (κ1) is 13.4. The first-order valence-corrected chi connectivity index (χ1v) is 7.60. The molecule has 0 saturated carbocycles. The van der Waals surface area contributed by atoms with Crippen LogP contribution in [0.15, 0.2) is 66.0 Å². The summed E-state index contributed by atoms with van der Waals surface area (Å²) in [6.45, 7) is 0.795. The maximum absolute atomic E-state index is 8.78. The van der Waals surface area contributed by atoms with Gasteiger partial charge in [0.15, 0.2) is 0 Å². The molecule has 0 fully saturated rings. The molecule has 1 heterocycles. The van der Waals surface area contributed by atoms with E-state index in [2.05, 4.69) is 47.1 Å². The lowest BCUT2D eigenvalue weighted by Crippen LogP contribution is -1.96. The molecular weight excluding hydrogens is 276 g/mol. The van der Waals surface area contributed by atoms with E-state index in [0.717, 1.165) is 12.2 Å². The highest BCUT2D eigenvalue weighted by molar-refractivity contribution is 7.10. The van der Waals surface area contributed by atoms with E-state index in [-0.39, 0.29) is 0 Å². The van der Waals surface area contributed by atoms with Crippen LogP contribution < -0.4 is 5.32 Å². The van der Waals surface area contributed by atoms with Crippen LogP contribution in [0.2, 0.25) is 0 Å². The van der Waals surface area contributed by atoms with Gasteiger partial charge in [-0.05, 0) is 46.8 Å². The van der Waals surface area contributed by atoms with Gasteiger partial charge in [0, 0.05) is 17.1 Å². The number of thiophene rings is 1. The lowest BCUT2D eigenvalue weighted by Gasteiger charge is -2.04. The summed E-state index contributed by atoms with van der Waals surface area (Å²) in [7, 11) is 0. The Morgan fingerprint density at radius 1 is 0.952 bits per heavy atom. The van der Waals surface area contributed by atoms with Crippen molar-refractivity contribution in [1.82, 2.24) is 0 Å². The highest BCUT2D eigenvalue weighted by atomic mass is 32.1. The Hall–Kier alpha value is -2.57. The number of hydrogen-bond acceptors (Lipinski definition) is 3. The number of nitriles is 1. The third-order valence-electron chi connectivity index (χ3n) is 3.24. The van der Waals surface area contributed by atoms with Crippen molar-refractivity contribution in [2.24, 2.45) is 0 Å². The van der Waals surface area contributed by atoms with Crippen molar-refractivity contribution in [1.29, 1.82) is 5.26 Å². The maximum atomic E-state index is 8.78. The number of nitrogens with one attached hydrogen (secondary N) is 1. The number of hydrogen-bond donors (Lipinski definition) is 1. The van der Waals surface area contributed by atoms with Crippen molar-refractivity contribution in [3.63, 3.8) is 0 Å². The van der Waals surface area contributed by atoms with Crippen LogP contribution in [0.5, 0.6) is 0 Å². The molecule has 102 valence electrons. The summed E-state index contributed by atoms with van der Waals surface area (Å²) in [6.07, 6.45) is 0. The van der Waals surface area contributed by atoms with Gasteiger partial charge in [0.2, 0.25) is 0 Å². The molecule has 0 spiro atoms. The van der Waals surface area contributed by atoms with E-state index in [9.17, 15) is 0 Å². The largest absolute Gasteiger partial charge is 0.380 e. The molecule has 0 aliphatic carbocycles. The fourth-order valence-electron chi connectivity index (χ4n) is 2.11. The Kier molecular flexibility index (Phi) is 3.99. The van der Waals surface area contributed by atoms with Crippen molar-refractivity contribution in [2.45, 2.75) is 6.54 Å². The minimum absolute atomic E-state index is 0.683. The molecule has 0 saturated heterocycles. The summed E-state index contributed by atoms with van der Waals surface area (Å²) >= 11 is 1.76. The second-order valence-corrected chi connectivity index (χ2v) is 5.71. The molecule has 0 radical (unpaired) electrons. The van der Waals surface area contributed by atoms with Crippen LogP contribution in [0.25, 0.3) is 11.1 Å². The molecule has 3 heteroatoms. The molecular formula is C18H14N2S. The normalized spacial score (nSPS) is 10.0. The molecule has 0 aliphatic rings. The third kappa shape index (κ3) is 3.31. The fourth-order valence-corrected chi connectivity index (χ4v) is 2.94. The SMILES string of the molecule is N#Cc1ccc(NCc2cc(-c3ccccc3)cs2)cc1. The van der Waals surface area contributed by atoms with E-state index in [1.165, 1.54) is 16.0 Å². The van der Waals surface area contributed by atoms with Gasteiger partial charge in [0.05, 0.1) is 11.6 Å². The molecule has 21 heavy (non-hydrogen) atoms. The van der Waals surface area contributed by atoms with Gasteiger partial charge in [0.25, 0.3) is 0 Å². The molecule has 2 nitrogen and oxygen atoms in total. The van der Waals surface area contributed by atoms with E-state index in [4.69, 9.17) is 5.26 Å². The molecule has 1 N–H and O–H groups in total. The number of benzene rings is 2. The average molecular weight is 290 g/mol. The smallest absolute Gasteiger partial charge is 0.0991 e. The van der Waals surface area contributed by atoms with Gasteiger partial charge >= 0.3 is 0 Å². The average Bonchev–Trinajstić information content (AvgIpc) is 3.03. The molecule has 0 atom stereocenters. The van der Waals surface area contributed by atoms with Crippen LogP contribution in [0, 0.1) is 11.3 Å². The van der Waals surface area contributed by atoms with Crippen molar-refractivity contribution in [3.8, 4) is 17.2 Å². The minimum Gasteiger partial charge on any atom is -0.380 e. The van der Waals surface area contributed by atoms with Crippen molar-refractivity contribution in [2.75, 3.05) is 5.32 Å². The van der Waals surface area contributed by atoms with Gasteiger partial charge < -0.3 is 5.32 Å². The molecule has 2 aromatic carbocycles. The van der Waals surface area contributed by atoms with Crippen LogP contribution in [0.4, 0.5) is 5.69 Å². The van der Waals surface area contributed by atoms with Crippen molar-refractivity contribution in [3.05, 3.63) is 76.5 Å². The summed E-state index contributed by atoms with van der Waals surface area (Å²) in [6, 6.07) is 22.3. The molecule has 0 unspecified atom stereocenters. The van der Waals surface area contributed by atoms with E-state index in [0.29, 0.717) is 5.56 Å². The van der Waals surface area contributed by atoms with Crippen molar-refractivity contribution < 1.29 is 0 Å². The maximum Gasteiger partial charge on any atom is 0.0991 e. The molecule has 1 aromatic heterocycles. The second-order valence-electron chi connectivity index (χ2n) is 4.71.